The minimum atomic E-state index is 0.708. The maximum Gasteiger partial charge on any atom is 0.151 e. The highest BCUT2D eigenvalue weighted by Crippen LogP contribution is 2.20. The zero-order chi connectivity index (χ0) is 11.4. The molecule has 2 N–H and O–H groups in total. The Bertz CT molecular complexity index is 321. The van der Waals surface area contributed by atoms with Crippen LogP contribution < -0.4 is 10.6 Å². The number of aromatic nitrogens is 1. The third-order valence-electron chi connectivity index (χ3n) is 2.44. The van der Waals surface area contributed by atoms with Gasteiger partial charge < -0.3 is 10.6 Å². The van der Waals surface area contributed by atoms with Crippen LogP contribution in [0.1, 0.15) is 25.8 Å². The van der Waals surface area contributed by atoms with Gasteiger partial charge >= 0.3 is 0 Å². The highest BCUT2D eigenvalue weighted by atomic mass is 15.2. The van der Waals surface area contributed by atoms with Crippen LogP contribution in [0.3, 0.4) is 0 Å². The Morgan fingerprint density at radius 2 is 2.13 bits per heavy atom. The quantitative estimate of drug-likeness (QED) is 0.824. The van der Waals surface area contributed by atoms with E-state index in [0.29, 0.717) is 5.92 Å². The minimum Gasteiger partial charge on any atom is -0.396 e. The lowest BCUT2D eigenvalue weighted by molar-refractivity contribution is 0.584. The van der Waals surface area contributed by atoms with Crippen LogP contribution in [0.15, 0.2) is 12.3 Å². The van der Waals surface area contributed by atoms with Crippen molar-refractivity contribution in [2.45, 2.75) is 27.2 Å². The molecule has 0 amide bonds. The van der Waals surface area contributed by atoms with Gasteiger partial charge in [0, 0.05) is 19.8 Å². The van der Waals surface area contributed by atoms with Gasteiger partial charge in [0.25, 0.3) is 0 Å². The molecule has 0 unspecified atom stereocenters. The summed E-state index contributed by atoms with van der Waals surface area (Å²) in [4.78, 5) is 6.48. The number of anilines is 2. The van der Waals surface area contributed by atoms with Crippen molar-refractivity contribution in [3.63, 3.8) is 0 Å². The lowest BCUT2D eigenvalue weighted by Gasteiger charge is -2.20. The third kappa shape index (κ3) is 3.42. The number of hydrogen-bond acceptors (Lipinski definition) is 3. The van der Waals surface area contributed by atoms with Gasteiger partial charge in [-0.2, -0.15) is 0 Å². The second-order valence-electron chi connectivity index (χ2n) is 4.53. The van der Waals surface area contributed by atoms with E-state index >= 15 is 0 Å². The van der Waals surface area contributed by atoms with Gasteiger partial charge in [-0.3, -0.25) is 0 Å². The summed E-state index contributed by atoms with van der Waals surface area (Å²) in [5.74, 6) is 1.60. The molecule has 1 aromatic heterocycles. The average Bonchev–Trinajstić information content (AvgIpc) is 2.14. The van der Waals surface area contributed by atoms with E-state index in [1.807, 2.05) is 26.2 Å². The van der Waals surface area contributed by atoms with Crippen molar-refractivity contribution in [3.8, 4) is 0 Å². The van der Waals surface area contributed by atoms with Crippen molar-refractivity contribution in [2.75, 3.05) is 24.2 Å². The van der Waals surface area contributed by atoms with Crippen molar-refractivity contribution in [1.29, 1.82) is 0 Å². The second-order valence-corrected chi connectivity index (χ2v) is 4.53. The number of rotatable bonds is 4. The van der Waals surface area contributed by atoms with Gasteiger partial charge in [-0.25, -0.2) is 4.98 Å². The number of nitrogens with zero attached hydrogens (tertiary/aromatic N) is 2. The fourth-order valence-electron chi connectivity index (χ4n) is 1.46. The van der Waals surface area contributed by atoms with Gasteiger partial charge in [0.2, 0.25) is 0 Å². The summed E-state index contributed by atoms with van der Waals surface area (Å²) in [6.07, 6.45) is 3.02. The molecule has 0 aliphatic carbocycles. The third-order valence-corrected chi connectivity index (χ3v) is 2.44. The van der Waals surface area contributed by atoms with Crippen molar-refractivity contribution in [2.24, 2.45) is 5.92 Å². The molecule has 1 aromatic rings. The van der Waals surface area contributed by atoms with E-state index in [9.17, 15) is 0 Å². The van der Waals surface area contributed by atoms with Crippen molar-refractivity contribution < 1.29 is 0 Å². The predicted octanol–water partition coefficient (Wildman–Crippen LogP) is 2.45. The van der Waals surface area contributed by atoms with Crippen LogP contribution in [0, 0.1) is 12.8 Å². The monoisotopic (exact) mass is 207 g/mol. The maximum absolute atomic E-state index is 5.92. The topological polar surface area (TPSA) is 42.2 Å². The van der Waals surface area contributed by atoms with Crippen LogP contribution >= 0.6 is 0 Å². The Hall–Kier alpha value is -1.25. The van der Waals surface area contributed by atoms with E-state index < -0.39 is 0 Å². The lowest BCUT2D eigenvalue weighted by Crippen LogP contribution is -2.22. The molecule has 15 heavy (non-hydrogen) atoms. The molecule has 0 radical (unpaired) electrons. The number of pyridine rings is 1. The molecule has 3 nitrogen and oxygen atoms in total. The summed E-state index contributed by atoms with van der Waals surface area (Å²) in [5.41, 5.74) is 7.79. The zero-order valence-corrected chi connectivity index (χ0v) is 10.1. The summed E-state index contributed by atoms with van der Waals surface area (Å²) in [7, 11) is 2.04. The first-order chi connectivity index (χ1) is 7.00. The van der Waals surface area contributed by atoms with Crippen LogP contribution in [-0.4, -0.2) is 18.6 Å². The zero-order valence-electron chi connectivity index (χ0n) is 10.1. The predicted molar refractivity (Wildman–Crippen MR) is 66.1 cm³/mol. The van der Waals surface area contributed by atoms with E-state index in [4.69, 9.17) is 5.73 Å². The fourth-order valence-corrected chi connectivity index (χ4v) is 1.46. The normalized spacial score (nSPS) is 10.7. The van der Waals surface area contributed by atoms with Gasteiger partial charge in [-0.05, 0) is 30.9 Å². The molecule has 84 valence electrons. The second kappa shape index (κ2) is 5.01. The molecule has 0 aromatic carbocycles. The van der Waals surface area contributed by atoms with Crippen molar-refractivity contribution in [3.05, 3.63) is 17.8 Å². The molecule has 3 heteroatoms. The van der Waals surface area contributed by atoms with Crippen LogP contribution in [0.25, 0.3) is 0 Å². The van der Waals surface area contributed by atoms with E-state index in [0.717, 1.165) is 30.0 Å². The molecule has 0 aliphatic rings. The van der Waals surface area contributed by atoms with Crippen molar-refractivity contribution in [1.82, 2.24) is 4.98 Å². The molecule has 0 saturated heterocycles. The fraction of sp³-hybridized carbons (Fsp3) is 0.583. The molecular weight excluding hydrogens is 186 g/mol. The van der Waals surface area contributed by atoms with E-state index in [1.54, 1.807) is 0 Å². The molecule has 0 aliphatic heterocycles. The number of nitrogens with two attached hydrogens (primary N) is 1. The van der Waals surface area contributed by atoms with Gasteiger partial charge in [0.05, 0.1) is 5.69 Å². The standard InChI is InChI=1S/C12H21N3/c1-9(2)5-6-15(4)12-11(13)7-10(3)8-14-12/h7-9H,5-6,13H2,1-4H3. The van der Waals surface area contributed by atoms with Gasteiger partial charge in [-0.1, -0.05) is 13.8 Å². The first-order valence-corrected chi connectivity index (χ1v) is 5.44. The Labute approximate surface area is 92.3 Å². The van der Waals surface area contributed by atoms with Crippen LogP contribution in [0.2, 0.25) is 0 Å². The van der Waals surface area contributed by atoms with Crippen LogP contribution in [-0.2, 0) is 0 Å². The Morgan fingerprint density at radius 1 is 1.47 bits per heavy atom. The Morgan fingerprint density at radius 3 is 2.67 bits per heavy atom. The average molecular weight is 207 g/mol. The smallest absolute Gasteiger partial charge is 0.151 e. The SMILES string of the molecule is Cc1cnc(N(C)CCC(C)C)c(N)c1. The summed E-state index contributed by atoms with van der Waals surface area (Å²) in [6, 6.07) is 1.97. The molecule has 0 atom stereocenters. The van der Waals surface area contributed by atoms with Crippen LogP contribution in [0.5, 0.6) is 0 Å². The molecule has 0 bridgehead atoms. The van der Waals surface area contributed by atoms with E-state index in [2.05, 4.69) is 23.7 Å². The van der Waals surface area contributed by atoms with Crippen molar-refractivity contribution >= 4 is 11.5 Å². The first kappa shape index (κ1) is 11.8. The van der Waals surface area contributed by atoms with E-state index in [1.165, 1.54) is 0 Å². The number of aryl methyl sites for hydroxylation is 1. The molecule has 1 heterocycles. The summed E-state index contributed by atoms with van der Waals surface area (Å²) in [6.45, 7) is 7.44. The highest BCUT2D eigenvalue weighted by molar-refractivity contribution is 5.62. The first-order valence-electron chi connectivity index (χ1n) is 5.44. The Balaban J connectivity index is 2.69. The van der Waals surface area contributed by atoms with Gasteiger partial charge in [0.1, 0.15) is 0 Å². The maximum atomic E-state index is 5.92. The van der Waals surface area contributed by atoms with E-state index in [-0.39, 0.29) is 0 Å². The number of hydrogen-bond donors (Lipinski definition) is 1. The molecule has 1 rings (SSSR count). The Kier molecular flexibility index (Phi) is 3.95. The summed E-state index contributed by atoms with van der Waals surface area (Å²) in [5, 5.41) is 0. The minimum absolute atomic E-state index is 0.708. The molecule has 0 saturated carbocycles. The highest BCUT2D eigenvalue weighted by Gasteiger charge is 2.07. The molecule has 0 spiro atoms. The summed E-state index contributed by atoms with van der Waals surface area (Å²) < 4.78 is 0. The lowest BCUT2D eigenvalue weighted by atomic mass is 10.1. The molecule has 0 fully saturated rings. The van der Waals surface area contributed by atoms with Gasteiger partial charge in [0.15, 0.2) is 5.82 Å². The number of nitrogen functional groups attached to an aromatic ring is 1. The van der Waals surface area contributed by atoms with Gasteiger partial charge in [-0.15, -0.1) is 0 Å². The summed E-state index contributed by atoms with van der Waals surface area (Å²) >= 11 is 0. The van der Waals surface area contributed by atoms with Crippen LogP contribution in [0.4, 0.5) is 11.5 Å². The largest absolute Gasteiger partial charge is 0.396 e. The molecular formula is C12H21N3.